The van der Waals surface area contributed by atoms with Gasteiger partial charge in [-0.05, 0) is 69.0 Å². The standard InChI is InChI=1S/C43H51N7O9/c1-25(2)39-42(55)46-22-31-33(57-5)14-11-15-34(31)59-36-20-28(16-17-35(36)58-6)41(54)45-18-9-10-19-49(23-37(52)47-40(27(4)51)43(56)48-39)38(53)24-50-26(3)30(21-44)29-12-7-8-13-32(29)50/h7-8,11-17,20,25,27,39-40,51H,9-10,18-19,22-24H2,1-6H3,(H,45,54)(H,46,55)(H,47,52)(H,48,56)/t27-,39-,40+/m1/s1. The van der Waals surface area contributed by atoms with E-state index in [1.54, 1.807) is 61.7 Å². The molecule has 3 atom stereocenters. The SMILES string of the molecule is COc1ccc2cc1Oc1cccc(OC)c1CNC(=O)[C@@H](C(C)C)NC(=O)[C@H]([C@@H](C)O)NC(=O)CN(C(=O)Cn1c(C)c(C#N)c3ccccc31)CCCCNC2=O. The third-order valence-electron chi connectivity index (χ3n) is 10.2. The number of methoxy groups -OCH3 is 2. The van der Waals surface area contributed by atoms with Crippen LogP contribution in [0.1, 0.15) is 60.8 Å². The summed E-state index contributed by atoms with van der Waals surface area (Å²) in [6.45, 7) is 6.17. The lowest BCUT2D eigenvalue weighted by molar-refractivity contribution is -0.139. The number of benzene rings is 3. The maximum absolute atomic E-state index is 14.0. The Morgan fingerprint density at radius 2 is 1.66 bits per heavy atom. The number of carbonyl (C=O) groups is 5. The van der Waals surface area contributed by atoms with Gasteiger partial charge in [-0.2, -0.15) is 5.26 Å². The lowest BCUT2D eigenvalue weighted by Gasteiger charge is -2.28. The van der Waals surface area contributed by atoms with Gasteiger partial charge in [0, 0.05) is 29.7 Å². The third-order valence-corrected chi connectivity index (χ3v) is 10.2. The molecule has 1 aliphatic rings. The van der Waals surface area contributed by atoms with E-state index in [0.717, 1.165) is 0 Å². The molecule has 0 aliphatic carbocycles. The molecule has 1 aliphatic heterocycles. The van der Waals surface area contributed by atoms with E-state index in [2.05, 4.69) is 27.3 Å². The summed E-state index contributed by atoms with van der Waals surface area (Å²) in [6.07, 6.45) is -0.557. The number of nitriles is 1. The highest BCUT2D eigenvalue weighted by molar-refractivity contribution is 5.95. The Bertz CT molecular complexity index is 2240. The van der Waals surface area contributed by atoms with Crippen LogP contribution < -0.4 is 35.5 Å². The average Bonchev–Trinajstić information content (AvgIpc) is 3.48. The van der Waals surface area contributed by atoms with E-state index >= 15 is 0 Å². The Morgan fingerprint density at radius 1 is 0.915 bits per heavy atom. The molecule has 0 fully saturated rings. The molecule has 5 rings (SSSR count). The average molecular weight is 810 g/mol. The van der Waals surface area contributed by atoms with Crippen molar-refractivity contribution in [3.8, 4) is 29.1 Å². The summed E-state index contributed by atoms with van der Waals surface area (Å²) in [7, 11) is 2.94. The summed E-state index contributed by atoms with van der Waals surface area (Å²) in [5.74, 6) is -2.03. The van der Waals surface area contributed by atoms with Crippen molar-refractivity contribution in [3.05, 3.63) is 83.0 Å². The lowest BCUT2D eigenvalue weighted by Crippen LogP contribution is -2.59. The fourth-order valence-corrected chi connectivity index (χ4v) is 6.92. The number of para-hydroxylation sites is 1. The smallest absolute Gasteiger partial charge is 0.251 e. The second-order valence-corrected chi connectivity index (χ2v) is 14.6. The summed E-state index contributed by atoms with van der Waals surface area (Å²) in [5.41, 5.74) is 2.47. The number of aliphatic hydroxyl groups is 1. The first-order valence-electron chi connectivity index (χ1n) is 19.4. The van der Waals surface area contributed by atoms with Crippen LogP contribution in [0.15, 0.2) is 60.7 Å². The number of hydrogen-bond acceptors (Lipinski definition) is 10. The largest absolute Gasteiger partial charge is 0.496 e. The number of ether oxygens (including phenoxy) is 3. The Hall–Kier alpha value is -6.60. The van der Waals surface area contributed by atoms with Crippen molar-refractivity contribution < 1.29 is 43.3 Å². The number of fused-ring (bicyclic) bond motifs is 4. The minimum absolute atomic E-state index is 0.0870. The van der Waals surface area contributed by atoms with Crippen LogP contribution in [-0.4, -0.2) is 96.2 Å². The third kappa shape index (κ3) is 10.3. The number of aliphatic hydroxyl groups excluding tert-OH is 1. The predicted molar refractivity (Wildman–Crippen MR) is 218 cm³/mol. The molecule has 0 radical (unpaired) electrons. The van der Waals surface area contributed by atoms with Gasteiger partial charge in [-0.15, -0.1) is 0 Å². The molecule has 2 bridgehead atoms. The number of amides is 5. The molecule has 5 amide bonds. The Balaban J connectivity index is 1.46. The highest BCUT2D eigenvalue weighted by Gasteiger charge is 2.32. The Labute approximate surface area is 342 Å². The minimum atomic E-state index is -1.47. The van der Waals surface area contributed by atoms with E-state index < -0.39 is 54.3 Å². The van der Waals surface area contributed by atoms with Crippen LogP contribution in [0.4, 0.5) is 0 Å². The zero-order chi connectivity index (χ0) is 42.8. The van der Waals surface area contributed by atoms with Gasteiger partial charge < -0.3 is 50.1 Å². The van der Waals surface area contributed by atoms with E-state index in [0.29, 0.717) is 63.4 Å². The molecule has 59 heavy (non-hydrogen) atoms. The summed E-state index contributed by atoms with van der Waals surface area (Å²) in [6, 6.07) is 16.7. The minimum Gasteiger partial charge on any atom is -0.496 e. The fourth-order valence-electron chi connectivity index (χ4n) is 6.92. The van der Waals surface area contributed by atoms with Gasteiger partial charge in [0.05, 0.1) is 50.1 Å². The van der Waals surface area contributed by atoms with Crippen molar-refractivity contribution in [2.75, 3.05) is 33.9 Å². The van der Waals surface area contributed by atoms with Gasteiger partial charge in [0.15, 0.2) is 11.5 Å². The Kier molecular flexibility index (Phi) is 14.5. The summed E-state index contributed by atoms with van der Waals surface area (Å²) < 4.78 is 19.2. The maximum atomic E-state index is 14.0. The molecule has 16 nitrogen and oxygen atoms in total. The topological polar surface area (TPSA) is 213 Å². The van der Waals surface area contributed by atoms with Crippen LogP contribution in [0.25, 0.3) is 10.9 Å². The van der Waals surface area contributed by atoms with Crippen molar-refractivity contribution in [2.24, 2.45) is 5.92 Å². The number of nitrogens with zero attached hydrogens (tertiary/aromatic N) is 3. The van der Waals surface area contributed by atoms with E-state index in [1.165, 1.54) is 32.1 Å². The van der Waals surface area contributed by atoms with Gasteiger partial charge in [0.25, 0.3) is 5.91 Å². The molecule has 1 aromatic heterocycles. The molecule has 3 aromatic carbocycles. The summed E-state index contributed by atoms with van der Waals surface area (Å²) >= 11 is 0. The lowest BCUT2D eigenvalue weighted by atomic mass is 10.0. The fraction of sp³-hybridized carbons (Fsp3) is 0.395. The van der Waals surface area contributed by atoms with Gasteiger partial charge in [-0.1, -0.05) is 38.1 Å². The predicted octanol–water partition coefficient (Wildman–Crippen LogP) is 3.31. The van der Waals surface area contributed by atoms with Crippen LogP contribution in [0.2, 0.25) is 0 Å². The molecule has 0 spiro atoms. The molecule has 4 aromatic rings. The van der Waals surface area contributed by atoms with Gasteiger partial charge in [0.2, 0.25) is 23.6 Å². The molecule has 0 unspecified atom stereocenters. The monoisotopic (exact) mass is 809 g/mol. The zero-order valence-corrected chi connectivity index (χ0v) is 34.1. The van der Waals surface area contributed by atoms with E-state index in [9.17, 15) is 34.3 Å². The molecule has 16 heteroatoms. The highest BCUT2D eigenvalue weighted by atomic mass is 16.5. The van der Waals surface area contributed by atoms with Crippen LogP contribution in [0.3, 0.4) is 0 Å². The first-order chi connectivity index (χ1) is 28.3. The normalized spacial score (nSPS) is 18.0. The van der Waals surface area contributed by atoms with Crippen molar-refractivity contribution >= 4 is 40.4 Å². The zero-order valence-electron chi connectivity index (χ0n) is 34.1. The first kappa shape index (κ1) is 43.5. The Morgan fingerprint density at radius 3 is 2.36 bits per heavy atom. The highest BCUT2D eigenvalue weighted by Crippen LogP contribution is 2.37. The summed E-state index contributed by atoms with van der Waals surface area (Å²) in [5, 5.41) is 32.2. The number of carbonyl (C=O) groups excluding carboxylic acids is 5. The van der Waals surface area contributed by atoms with Gasteiger partial charge in [0.1, 0.15) is 36.2 Å². The van der Waals surface area contributed by atoms with Crippen LogP contribution in [0.5, 0.6) is 23.0 Å². The molecule has 5 N–H and O–H groups in total. The summed E-state index contributed by atoms with van der Waals surface area (Å²) in [4.78, 5) is 69.8. The van der Waals surface area contributed by atoms with E-state index in [-0.39, 0.29) is 37.8 Å². The van der Waals surface area contributed by atoms with Crippen LogP contribution in [-0.2, 0) is 32.3 Å². The second-order valence-electron chi connectivity index (χ2n) is 14.6. The van der Waals surface area contributed by atoms with E-state index in [1.807, 2.05) is 18.2 Å². The molecular formula is C43H51N7O9. The van der Waals surface area contributed by atoms with E-state index in [4.69, 9.17) is 14.2 Å². The number of nitrogens with one attached hydrogen (secondary N) is 4. The van der Waals surface area contributed by atoms with Crippen LogP contribution >= 0.6 is 0 Å². The first-order valence-corrected chi connectivity index (χ1v) is 19.4. The molecule has 0 saturated heterocycles. The molecule has 2 heterocycles. The van der Waals surface area contributed by atoms with Crippen molar-refractivity contribution in [2.45, 2.75) is 71.8 Å². The van der Waals surface area contributed by atoms with Crippen molar-refractivity contribution in [3.63, 3.8) is 0 Å². The molecule has 312 valence electrons. The number of rotatable bonds is 6. The van der Waals surface area contributed by atoms with Crippen LogP contribution in [0, 0.1) is 24.2 Å². The second kappa shape index (κ2) is 19.7. The molecular weight excluding hydrogens is 759 g/mol. The van der Waals surface area contributed by atoms with Crippen molar-refractivity contribution in [1.29, 1.82) is 5.26 Å². The van der Waals surface area contributed by atoms with Gasteiger partial charge >= 0.3 is 0 Å². The van der Waals surface area contributed by atoms with Crippen molar-refractivity contribution in [1.82, 2.24) is 30.7 Å². The number of hydrogen-bond donors (Lipinski definition) is 5. The quantitative estimate of drug-likeness (QED) is 0.192. The van der Waals surface area contributed by atoms with Gasteiger partial charge in [-0.25, -0.2) is 0 Å². The maximum Gasteiger partial charge on any atom is 0.251 e. The van der Waals surface area contributed by atoms with Gasteiger partial charge in [-0.3, -0.25) is 24.0 Å². The number of aromatic nitrogens is 1. The molecule has 0 saturated carbocycles.